The van der Waals surface area contributed by atoms with E-state index in [0.29, 0.717) is 33.8 Å². The minimum absolute atomic E-state index is 0.171. The van der Waals surface area contributed by atoms with Crippen LogP contribution in [0.3, 0.4) is 0 Å². The van der Waals surface area contributed by atoms with Crippen LogP contribution in [0.4, 0.5) is 5.69 Å². The average Bonchev–Trinajstić information content (AvgIpc) is 3.70. The second kappa shape index (κ2) is 12.5. The van der Waals surface area contributed by atoms with Crippen molar-refractivity contribution in [3.63, 3.8) is 0 Å². The molecule has 258 valence electrons. The van der Waals surface area contributed by atoms with Crippen LogP contribution in [0.1, 0.15) is 39.5 Å². The van der Waals surface area contributed by atoms with E-state index in [0.717, 1.165) is 11.1 Å². The Morgan fingerprint density at radius 2 is 1.08 bits per heavy atom. The Kier molecular flexibility index (Phi) is 7.90. The molecule has 2 aliphatic carbocycles. The van der Waals surface area contributed by atoms with Crippen molar-refractivity contribution < 1.29 is 33.4 Å². The molecule has 4 atom stereocenters. The number of methoxy groups -OCH3 is 2. The molecule has 5 aromatic rings. The van der Waals surface area contributed by atoms with Crippen LogP contribution in [0.2, 0.25) is 0 Å². The summed E-state index contributed by atoms with van der Waals surface area (Å²) in [6, 6.07) is 40.0. The van der Waals surface area contributed by atoms with Gasteiger partial charge >= 0.3 is 5.97 Å². The summed E-state index contributed by atoms with van der Waals surface area (Å²) in [7, 11) is 3.18. The topological polar surface area (TPSA) is 99.2 Å². The maximum Gasteiger partial charge on any atom is 0.338 e. The molecule has 2 fully saturated rings. The van der Waals surface area contributed by atoms with E-state index in [4.69, 9.17) is 14.2 Å². The van der Waals surface area contributed by atoms with Gasteiger partial charge < -0.3 is 14.2 Å². The molecule has 8 heteroatoms. The van der Waals surface area contributed by atoms with Crippen LogP contribution in [-0.2, 0) is 30.0 Å². The van der Waals surface area contributed by atoms with Gasteiger partial charge in [0.1, 0.15) is 11.5 Å². The molecule has 1 saturated carbocycles. The number of allylic oxidation sites excluding steroid dienone is 2. The van der Waals surface area contributed by atoms with E-state index in [1.54, 1.807) is 39.3 Å². The van der Waals surface area contributed by atoms with E-state index >= 15 is 14.4 Å². The minimum atomic E-state index is -1.58. The number of fused-ring (bicyclic) bond motifs is 5. The molecule has 8 nitrogen and oxygen atoms in total. The van der Waals surface area contributed by atoms with Gasteiger partial charge in [0, 0.05) is 0 Å². The van der Waals surface area contributed by atoms with Gasteiger partial charge in [-0.25, -0.2) is 9.69 Å². The van der Waals surface area contributed by atoms with Crippen molar-refractivity contribution in [1.82, 2.24) is 0 Å². The number of esters is 1. The molecule has 2 amide bonds. The lowest BCUT2D eigenvalue weighted by atomic mass is 9.59. The summed E-state index contributed by atoms with van der Waals surface area (Å²) in [5.41, 5.74) is 1.29. The van der Waals surface area contributed by atoms with Crippen molar-refractivity contribution in [3.05, 3.63) is 161 Å². The normalized spacial score (nSPS) is 23.2. The molecule has 0 unspecified atom stereocenters. The summed E-state index contributed by atoms with van der Waals surface area (Å²) in [5, 5.41) is 0. The molecule has 8 rings (SSSR count). The van der Waals surface area contributed by atoms with Crippen molar-refractivity contribution in [1.29, 1.82) is 0 Å². The van der Waals surface area contributed by atoms with Crippen molar-refractivity contribution in [2.75, 3.05) is 25.7 Å². The maximum atomic E-state index is 16.1. The molecule has 1 aliphatic heterocycles. The number of rotatable bonds is 9. The Labute approximate surface area is 301 Å². The van der Waals surface area contributed by atoms with E-state index < -0.39 is 40.4 Å². The summed E-state index contributed by atoms with van der Waals surface area (Å²) in [4.78, 5) is 60.6. The molecule has 1 heterocycles. The number of imide groups is 1. The van der Waals surface area contributed by atoms with Gasteiger partial charge in [0.2, 0.25) is 11.8 Å². The fourth-order valence-electron chi connectivity index (χ4n) is 8.88. The van der Waals surface area contributed by atoms with Gasteiger partial charge in [-0.3, -0.25) is 14.4 Å². The van der Waals surface area contributed by atoms with E-state index in [1.165, 1.54) is 11.0 Å². The number of ether oxygens (including phenoxy) is 3. The van der Waals surface area contributed by atoms with Crippen LogP contribution in [0.25, 0.3) is 11.1 Å². The van der Waals surface area contributed by atoms with Gasteiger partial charge in [0.05, 0.1) is 54.7 Å². The molecule has 2 bridgehead atoms. The second-order valence-electron chi connectivity index (χ2n) is 13.1. The number of Topliss-reactive ketones (excluding diaryl/α,β-unsaturated/α-hetero) is 1. The Balaban J connectivity index is 1.49. The third kappa shape index (κ3) is 4.40. The minimum Gasteiger partial charge on any atom is -0.497 e. The molecular weight excluding hydrogens is 654 g/mol. The summed E-state index contributed by atoms with van der Waals surface area (Å²) in [5.74, 6) is -2.77. The highest BCUT2D eigenvalue weighted by atomic mass is 16.5. The van der Waals surface area contributed by atoms with Crippen molar-refractivity contribution >= 4 is 40.4 Å². The molecule has 3 aliphatic rings. The van der Waals surface area contributed by atoms with Crippen LogP contribution < -0.4 is 14.4 Å². The zero-order chi connectivity index (χ0) is 36.2. The first kappa shape index (κ1) is 32.9. The van der Waals surface area contributed by atoms with Crippen LogP contribution in [0.5, 0.6) is 11.5 Å². The number of hydrogen-bond acceptors (Lipinski definition) is 7. The van der Waals surface area contributed by atoms with Gasteiger partial charge in [0.15, 0.2) is 5.78 Å². The number of benzene rings is 5. The molecule has 5 aromatic carbocycles. The number of anilines is 1. The van der Waals surface area contributed by atoms with Gasteiger partial charge in [-0.1, -0.05) is 91.0 Å². The van der Waals surface area contributed by atoms with Crippen molar-refractivity contribution in [2.24, 2.45) is 11.8 Å². The smallest absolute Gasteiger partial charge is 0.338 e. The average molecular weight is 690 g/mol. The molecular formula is C44H35NO7. The molecule has 1 saturated heterocycles. The van der Waals surface area contributed by atoms with Gasteiger partial charge in [0.25, 0.3) is 0 Å². The second-order valence-corrected chi connectivity index (χ2v) is 13.1. The first-order valence-electron chi connectivity index (χ1n) is 17.2. The summed E-state index contributed by atoms with van der Waals surface area (Å²) < 4.78 is 16.3. The van der Waals surface area contributed by atoms with Crippen LogP contribution >= 0.6 is 0 Å². The van der Waals surface area contributed by atoms with E-state index in [9.17, 15) is 4.79 Å². The number of amides is 2. The fraction of sp³-hybridized carbons (Fsp3) is 0.182. The zero-order valence-electron chi connectivity index (χ0n) is 28.9. The Morgan fingerprint density at radius 1 is 0.615 bits per heavy atom. The third-order valence-corrected chi connectivity index (χ3v) is 10.8. The number of hydrogen-bond donors (Lipinski definition) is 0. The fourth-order valence-corrected chi connectivity index (χ4v) is 8.88. The van der Waals surface area contributed by atoms with Crippen LogP contribution in [-0.4, -0.2) is 44.4 Å². The first-order valence-corrected chi connectivity index (χ1v) is 17.2. The van der Waals surface area contributed by atoms with Gasteiger partial charge in [-0.15, -0.1) is 0 Å². The number of ketones is 1. The monoisotopic (exact) mass is 689 g/mol. The Hall–Kier alpha value is -6.28. The summed E-state index contributed by atoms with van der Waals surface area (Å²) in [6.45, 7) is 1.88. The highest BCUT2D eigenvalue weighted by molar-refractivity contribution is 6.39. The lowest BCUT2D eigenvalue weighted by Crippen LogP contribution is -2.45. The first-order chi connectivity index (χ1) is 25.3. The molecule has 0 N–H and O–H groups in total. The number of carbonyl (C=O) groups is 4. The molecule has 0 spiro atoms. The lowest BCUT2D eigenvalue weighted by Gasteiger charge is -2.39. The molecule has 0 aromatic heterocycles. The molecule has 0 radical (unpaired) electrons. The predicted octanol–water partition coefficient (Wildman–Crippen LogP) is 7.07. The lowest BCUT2D eigenvalue weighted by molar-refractivity contribution is -0.130. The standard InChI is InChI=1S/C44H35NO7/c1-4-52-41(48)29-12-11-17-32(26-29)45-39(46)37-38(40(45)47)44(31-15-9-6-10-16-31)36(28-20-24-34(51-3)25-21-28)35(27-18-22-33(50-2)23-19-27)43(37,42(44)49)30-13-7-5-8-14-30/h5-26,37-38H,4H2,1-3H3/t37-,38-,43-,44-/m0/s1. The Morgan fingerprint density at radius 3 is 1.50 bits per heavy atom. The van der Waals surface area contributed by atoms with Crippen molar-refractivity contribution in [3.8, 4) is 11.5 Å². The van der Waals surface area contributed by atoms with E-state index in [-0.39, 0.29) is 23.6 Å². The maximum absolute atomic E-state index is 16.1. The zero-order valence-corrected chi connectivity index (χ0v) is 28.9. The van der Waals surface area contributed by atoms with E-state index in [2.05, 4.69) is 0 Å². The summed E-state index contributed by atoms with van der Waals surface area (Å²) >= 11 is 0. The van der Waals surface area contributed by atoms with E-state index in [1.807, 2.05) is 109 Å². The number of carbonyl (C=O) groups excluding carboxylic acids is 4. The van der Waals surface area contributed by atoms with Crippen LogP contribution in [0, 0.1) is 11.8 Å². The van der Waals surface area contributed by atoms with Crippen LogP contribution in [0.15, 0.2) is 133 Å². The summed E-state index contributed by atoms with van der Waals surface area (Å²) in [6.07, 6.45) is 0. The number of nitrogens with zero attached hydrogens (tertiary/aromatic N) is 1. The predicted molar refractivity (Wildman–Crippen MR) is 196 cm³/mol. The quantitative estimate of drug-likeness (QED) is 0.121. The largest absolute Gasteiger partial charge is 0.497 e. The highest BCUT2D eigenvalue weighted by Crippen LogP contribution is 2.74. The molecule has 52 heavy (non-hydrogen) atoms. The van der Waals surface area contributed by atoms with Crippen molar-refractivity contribution in [2.45, 2.75) is 17.8 Å². The van der Waals surface area contributed by atoms with Gasteiger partial charge in [-0.2, -0.15) is 0 Å². The SMILES string of the molecule is CCOC(=O)c1cccc(N2C(=O)[C@@H]3[C@@H](C2=O)[C@@]2(c4ccccc4)C(=O)[C@@]3(c3ccccc3)C(c3ccc(OC)cc3)=C2c2ccc(OC)cc2)c1. The van der Waals surface area contributed by atoms with Gasteiger partial charge in [-0.05, 0) is 82.8 Å². The highest BCUT2D eigenvalue weighted by Gasteiger charge is 2.82. The Bertz CT molecular complexity index is 2130. The third-order valence-electron chi connectivity index (χ3n) is 10.8.